The van der Waals surface area contributed by atoms with E-state index in [0.717, 1.165) is 62.7 Å². The van der Waals surface area contributed by atoms with Gasteiger partial charge in [0.2, 0.25) is 5.88 Å². The lowest BCUT2D eigenvalue weighted by Gasteiger charge is -2.25. The molecule has 0 radical (unpaired) electrons. The normalized spacial score (nSPS) is 23.2. The highest BCUT2D eigenvalue weighted by atomic mass is 16.5. The summed E-state index contributed by atoms with van der Waals surface area (Å²) in [6, 6.07) is 4.69. The van der Waals surface area contributed by atoms with Crippen LogP contribution in [0, 0.1) is 5.92 Å². The largest absolute Gasteiger partial charge is 0.477 e. The van der Waals surface area contributed by atoms with Crippen LogP contribution in [-0.4, -0.2) is 66.1 Å². The molecular formula is C21H31N5O. The summed E-state index contributed by atoms with van der Waals surface area (Å²) in [7, 11) is 0. The Hall–Kier alpha value is -2.08. The monoisotopic (exact) mass is 369 g/mol. The van der Waals surface area contributed by atoms with Crippen molar-refractivity contribution >= 4 is 5.96 Å². The predicted molar refractivity (Wildman–Crippen MR) is 108 cm³/mol. The Morgan fingerprint density at radius 3 is 2.93 bits per heavy atom. The second-order valence-electron chi connectivity index (χ2n) is 7.74. The van der Waals surface area contributed by atoms with Crippen LogP contribution in [-0.2, 0) is 6.54 Å². The highest BCUT2D eigenvalue weighted by Crippen LogP contribution is 2.29. The van der Waals surface area contributed by atoms with Gasteiger partial charge in [-0.2, -0.15) is 0 Å². The van der Waals surface area contributed by atoms with Crippen molar-refractivity contribution in [1.29, 1.82) is 0 Å². The van der Waals surface area contributed by atoms with E-state index in [9.17, 15) is 0 Å². The van der Waals surface area contributed by atoms with Crippen molar-refractivity contribution in [2.75, 3.05) is 39.3 Å². The fraction of sp³-hybridized carbons (Fsp3) is 0.619. The first-order valence-corrected chi connectivity index (χ1v) is 10.3. The van der Waals surface area contributed by atoms with Gasteiger partial charge in [0.15, 0.2) is 5.96 Å². The zero-order valence-electron chi connectivity index (χ0n) is 16.3. The molecular weight excluding hydrogens is 338 g/mol. The van der Waals surface area contributed by atoms with Crippen molar-refractivity contribution < 1.29 is 4.74 Å². The van der Waals surface area contributed by atoms with Crippen molar-refractivity contribution in [1.82, 2.24) is 20.1 Å². The first-order valence-electron chi connectivity index (χ1n) is 10.3. The number of aromatic nitrogens is 1. The lowest BCUT2D eigenvalue weighted by molar-refractivity contribution is 0.259. The molecule has 1 saturated heterocycles. The van der Waals surface area contributed by atoms with Gasteiger partial charge < -0.3 is 15.0 Å². The molecule has 0 bridgehead atoms. The van der Waals surface area contributed by atoms with Crippen LogP contribution in [0.3, 0.4) is 0 Å². The maximum absolute atomic E-state index is 5.80. The number of ether oxygens (including phenoxy) is 1. The number of nitrogens with zero attached hydrogens (tertiary/aromatic N) is 4. The Kier molecular flexibility index (Phi) is 5.92. The van der Waals surface area contributed by atoms with E-state index in [1.807, 2.05) is 18.3 Å². The summed E-state index contributed by atoms with van der Waals surface area (Å²) in [4.78, 5) is 14.2. The fourth-order valence-electron chi connectivity index (χ4n) is 3.73. The summed E-state index contributed by atoms with van der Waals surface area (Å²) in [6.07, 6.45) is 10.2. The average molecular weight is 370 g/mol. The first-order chi connectivity index (χ1) is 13.3. The Labute approximate surface area is 162 Å². The molecule has 6 nitrogen and oxygen atoms in total. The molecule has 1 aromatic heterocycles. The molecule has 27 heavy (non-hydrogen) atoms. The quantitative estimate of drug-likeness (QED) is 0.454. The molecule has 3 aliphatic rings. The van der Waals surface area contributed by atoms with Crippen molar-refractivity contribution in [2.45, 2.75) is 38.8 Å². The van der Waals surface area contributed by atoms with Gasteiger partial charge in [0.25, 0.3) is 0 Å². The maximum atomic E-state index is 5.80. The van der Waals surface area contributed by atoms with Crippen LogP contribution in [0.1, 0.15) is 31.7 Å². The number of rotatable bonds is 7. The molecule has 0 amide bonds. The SMILES string of the molecule is CCNC(=NCc1ccnc(OCC2CC2)c1)N1CCC(N2CC=CC2)C1. The zero-order chi connectivity index (χ0) is 18.5. The predicted octanol–water partition coefficient (Wildman–Crippen LogP) is 2.28. The minimum Gasteiger partial charge on any atom is -0.477 e. The Bertz CT molecular complexity index is 677. The first kappa shape index (κ1) is 18.3. The molecule has 2 fully saturated rings. The summed E-state index contributed by atoms with van der Waals surface area (Å²) < 4.78 is 5.80. The third kappa shape index (κ3) is 5.01. The maximum Gasteiger partial charge on any atom is 0.213 e. The fourth-order valence-corrected chi connectivity index (χ4v) is 3.73. The van der Waals surface area contributed by atoms with E-state index in [1.54, 1.807) is 0 Å². The molecule has 1 saturated carbocycles. The number of guanidine groups is 1. The van der Waals surface area contributed by atoms with Crippen LogP contribution < -0.4 is 10.1 Å². The molecule has 1 aliphatic carbocycles. The molecule has 1 N–H and O–H groups in total. The molecule has 146 valence electrons. The van der Waals surface area contributed by atoms with Crippen LogP contribution >= 0.6 is 0 Å². The van der Waals surface area contributed by atoms with Gasteiger partial charge in [0, 0.05) is 51.0 Å². The molecule has 1 unspecified atom stereocenters. The van der Waals surface area contributed by atoms with Crippen LogP contribution in [0.5, 0.6) is 5.88 Å². The molecule has 3 heterocycles. The molecule has 1 atom stereocenters. The average Bonchev–Trinajstić information content (AvgIpc) is 3.15. The molecule has 0 spiro atoms. The van der Waals surface area contributed by atoms with Crippen molar-refractivity contribution in [3.8, 4) is 5.88 Å². The lowest BCUT2D eigenvalue weighted by atomic mass is 10.2. The Balaban J connectivity index is 1.35. The smallest absolute Gasteiger partial charge is 0.213 e. The van der Waals surface area contributed by atoms with Gasteiger partial charge in [0.05, 0.1) is 13.2 Å². The summed E-state index contributed by atoms with van der Waals surface area (Å²) in [5.74, 6) is 2.48. The van der Waals surface area contributed by atoms with Gasteiger partial charge >= 0.3 is 0 Å². The number of aliphatic imine (C=N–C) groups is 1. The second-order valence-corrected chi connectivity index (χ2v) is 7.74. The lowest BCUT2D eigenvalue weighted by Crippen LogP contribution is -2.42. The van der Waals surface area contributed by atoms with Crippen LogP contribution in [0.15, 0.2) is 35.5 Å². The van der Waals surface area contributed by atoms with Crippen molar-refractivity contribution in [2.24, 2.45) is 10.9 Å². The van der Waals surface area contributed by atoms with E-state index in [0.29, 0.717) is 12.6 Å². The van der Waals surface area contributed by atoms with Gasteiger partial charge in [-0.25, -0.2) is 9.98 Å². The summed E-state index contributed by atoms with van der Waals surface area (Å²) in [5, 5.41) is 3.46. The topological polar surface area (TPSA) is 53.0 Å². The number of nitrogens with one attached hydrogen (secondary N) is 1. The number of likely N-dealkylation sites (tertiary alicyclic amines) is 1. The van der Waals surface area contributed by atoms with Crippen LogP contribution in [0.25, 0.3) is 0 Å². The highest BCUT2D eigenvalue weighted by Gasteiger charge is 2.29. The third-order valence-electron chi connectivity index (χ3n) is 5.54. The van der Waals surface area contributed by atoms with Crippen LogP contribution in [0.4, 0.5) is 0 Å². The van der Waals surface area contributed by atoms with Crippen LogP contribution in [0.2, 0.25) is 0 Å². The molecule has 1 aromatic rings. The minimum atomic E-state index is 0.632. The van der Waals surface area contributed by atoms with Gasteiger partial charge in [-0.05, 0) is 43.7 Å². The van der Waals surface area contributed by atoms with E-state index >= 15 is 0 Å². The Morgan fingerprint density at radius 2 is 2.15 bits per heavy atom. The van der Waals surface area contributed by atoms with E-state index < -0.39 is 0 Å². The number of hydrogen-bond donors (Lipinski definition) is 1. The standard InChI is InChI=1S/C21H31N5O/c1-2-22-21(26-12-8-19(15-26)25-10-3-4-11-25)24-14-18-7-9-23-20(13-18)27-16-17-5-6-17/h3-4,7,9,13,17,19H,2,5-6,8,10-12,14-16H2,1H3,(H,22,24). The van der Waals surface area contributed by atoms with Crippen molar-refractivity contribution in [3.63, 3.8) is 0 Å². The number of pyridine rings is 1. The summed E-state index contributed by atoms with van der Waals surface area (Å²) in [5.41, 5.74) is 1.14. The Morgan fingerprint density at radius 1 is 1.30 bits per heavy atom. The van der Waals surface area contributed by atoms with E-state index in [1.165, 1.54) is 19.3 Å². The highest BCUT2D eigenvalue weighted by molar-refractivity contribution is 5.80. The molecule has 0 aromatic carbocycles. The van der Waals surface area contributed by atoms with Gasteiger partial charge in [-0.15, -0.1) is 0 Å². The number of hydrogen-bond acceptors (Lipinski definition) is 4. The summed E-state index contributed by atoms with van der Waals surface area (Å²) in [6.45, 7) is 8.76. The minimum absolute atomic E-state index is 0.632. The van der Waals surface area contributed by atoms with E-state index in [2.05, 4.69) is 39.2 Å². The molecule has 4 rings (SSSR count). The molecule has 6 heteroatoms. The van der Waals surface area contributed by atoms with Gasteiger partial charge in [-0.3, -0.25) is 4.90 Å². The van der Waals surface area contributed by atoms with Gasteiger partial charge in [-0.1, -0.05) is 12.2 Å². The zero-order valence-corrected chi connectivity index (χ0v) is 16.3. The second kappa shape index (κ2) is 8.74. The van der Waals surface area contributed by atoms with Crippen molar-refractivity contribution in [3.05, 3.63) is 36.0 Å². The molecule has 2 aliphatic heterocycles. The van der Waals surface area contributed by atoms with Gasteiger partial charge in [0.1, 0.15) is 0 Å². The van der Waals surface area contributed by atoms with E-state index in [-0.39, 0.29) is 0 Å². The third-order valence-corrected chi connectivity index (χ3v) is 5.54. The van der Waals surface area contributed by atoms with E-state index in [4.69, 9.17) is 9.73 Å². The summed E-state index contributed by atoms with van der Waals surface area (Å²) >= 11 is 0.